The summed E-state index contributed by atoms with van der Waals surface area (Å²) in [6, 6.07) is 10.6. The number of hydrogen-bond acceptors (Lipinski definition) is 5. The molecule has 0 aliphatic carbocycles. The highest BCUT2D eigenvalue weighted by Gasteiger charge is 2.16. The lowest BCUT2D eigenvalue weighted by atomic mass is 10.1. The molecule has 1 fully saturated rings. The first-order valence-corrected chi connectivity index (χ1v) is 10.8. The van der Waals surface area contributed by atoms with E-state index in [1.807, 2.05) is 13.0 Å². The van der Waals surface area contributed by atoms with E-state index in [9.17, 15) is 4.79 Å². The third-order valence-electron chi connectivity index (χ3n) is 4.87. The highest BCUT2D eigenvalue weighted by Crippen LogP contribution is 2.25. The minimum absolute atomic E-state index is 0.157. The predicted molar refractivity (Wildman–Crippen MR) is 124 cm³/mol. The summed E-state index contributed by atoms with van der Waals surface area (Å²) in [6.45, 7) is 3.54. The lowest BCUT2D eigenvalue weighted by molar-refractivity contribution is 0.0943. The maximum Gasteiger partial charge on any atom is 0.269 e. The van der Waals surface area contributed by atoms with E-state index in [4.69, 9.17) is 38.0 Å². The van der Waals surface area contributed by atoms with Crippen LogP contribution >= 0.6 is 23.8 Å². The van der Waals surface area contributed by atoms with Crippen LogP contribution in [0.15, 0.2) is 36.4 Å². The third kappa shape index (κ3) is 6.72. The van der Waals surface area contributed by atoms with E-state index in [1.54, 1.807) is 37.4 Å². The predicted octanol–water partition coefficient (Wildman–Crippen LogP) is 3.52. The van der Waals surface area contributed by atoms with Gasteiger partial charge in [0.15, 0.2) is 5.11 Å². The van der Waals surface area contributed by atoms with Crippen LogP contribution in [0.3, 0.4) is 0 Å². The molecule has 7 nitrogen and oxygen atoms in total. The zero-order chi connectivity index (χ0) is 22.2. The number of methoxy groups -OCH3 is 1. The van der Waals surface area contributed by atoms with Gasteiger partial charge in [-0.1, -0.05) is 11.6 Å². The Morgan fingerprint density at radius 1 is 1.26 bits per heavy atom. The zero-order valence-electron chi connectivity index (χ0n) is 17.5. The van der Waals surface area contributed by atoms with Gasteiger partial charge in [-0.2, -0.15) is 0 Å². The number of ether oxygens (including phenoxy) is 3. The normalized spacial score (nSPS) is 15.3. The highest BCUT2D eigenvalue weighted by molar-refractivity contribution is 7.80. The van der Waals surface area contributed by atoms with E-state index in [2.05, 4.69) is 16.2 Å². The average Bonchev–Trinajstić information content (AvgIpc) is 3.30. The molecule has 2 aromatic rings. The lowest BCUT2D eigenvalue weighted by Gasteiger charge is -2.15. The quantitative estimate of drug-likeness (QED) is 0.428. The van der Waals surface area contributed by atoms with Crippen LogP contribution in [-0.4, -0.2) is 37.4 Å². The topological polar surface area (TPSA) is 80.9 Å². The Balaban J connectivity index is 1.55. The molecule has 0 spiro atoms. The SMILES string of the molecule is COc1ccc(C(=O)NNC(=S)NCC2CCCO2)cc1COc1ccc(Cl)c(C)c1. The van der Waals surface area contributed by atoms with Crippen molar-refractivity contribution >= 4 is 34.8 Å². The minimum Gasteiger partial charge on any atom is -0.496 e. The number of amides is 1. The second-order valence-corrected chi connectivity index (χ2v) is 7.97. The van der Waals surface area contributed by atoms with Crippen molar-refractivity contribution in [3.8, 4) is 11.5 Å². The van der Waals surface area contributed by atoms with Crippen LogP contribution in [0.1, 0.15) is 34.3 Å². The van der Waals surface area contributed by atoms with Gasteiger partial charge < -0.3 is 19.5 Å². The summed E-state index contributed by atoms with van der Waals surface area (Å²) >= 11 is 11.3. The maximum atomic E-state index is 12.5. The van der Waals surface area contributed by atoms with E-state index < -0.39 is 0 Å². The van der Waals surface area contributed by atoms with Crippen molar-refractivity contribution in [1.82, 2.24) is 16.2 Å². The smallest absolute Gasteiger partial charge is 0.269 e. The first-order chi connectivity index (χ1) is 15.0. The first kappa shape index (κ1) is 23.1. The second-order valence-electron chi connectivity index (χ2n) is 7.15. The Bertz CT molecular complexity index is 935. The summed E-state index contributed by atoms with van der Waals surface area (Å²) in [5.41, 5.74) is 7.42. The Morgan fingerprint density at radius 3 is 2.81 bits per heavy atom. The molecule has 1 unspecified atom stereocenters. The largest absolute Gasteiger partial charge is 0.496 e. The molecule has 31 heavy (non-hydrogen) atoms. The molecule has 0 saturated carbocycles. The van der Waals surface area contributed by atoms with Crippen LogP contribution in [0.5, 0.6) is 11.5 Å². The number of hydrazine groups is 1. The number of halogens is 1. The molecular formula is C22H26ClN3O4S. The number of hydrogen-bond donors (Lipinski definition) is 3. The molecule has 1 aliphatic rings. The summed E-state index contributed by atoms with van der Waals surface area (Å²) in [5, 5.41) is 4.05. The molecule has 3 N–H and O–H groups in total. The monoisotopic (exact) mass is 463 g/mol. The molecule has 1 saturated heterocycles. The van der Waals surface area contributed by atoms with Gasteiger partial charge >= 0.3 is 0 Å². The standard InChI is InChI=1S/C22H26ClN3O4S/c1-14-10-17(6-7-19(14)23)30-13-16-11-15(5-8-20(16)28-2)21(27)25-26-22(31)24-12-18-4-3-9-29-18/h5-8,10-11,18H,3-4,9,12-13H2,1-2H3,(H,25,27)(H2,24,26,31). The van der Waals surface area contributed by atoms with Gasteiger partial charge in [0.25, 0.3) is 5.91 Å². The summed E-state index contributed by atoms with van der Waals surface area (Å²) < 4.78 is 16.8. The van der Waals surface area contributed by atoms with Crippen LogP contribution < -0.4 is 25.6 Å². The van der Waals surface area contributed by atoms with Crippen LogP contribution in [-0.2, 0) is 11.3 Å². The lowest BCUT2D eigenvalue weighted by Crippen LogP contribution is -2.48. The molecule has 1 aliphatic heterocycles. The van der Waals surface area contributed by atoms with Gasteiger partial charge in [0, 0.05) is 29.3 Å². The number of aryl methyl sites for hydroxylation is 1. The van der Waals surface area contributed by atoms with Crippen molar-refractivity contribution < 1.29 is 19.0 Å². The fourth-order valence-electron chi connectivity index (χ4n) is 3.14. The number of nitrogens with one attached hydrogen (secondary N) is 3. The van der Waals surface area contributed by atoms with Crippen LogP contribution in [0.4, 0.5) is 0 Å². The van der Waals surface area contributed by atoms with E-state index >= 15 is 0 Å². The molecule has 1 atom stereocenters. The van der Waals surface area contributed by atoms with Gasteiger partial charge in [-0.3, -0.25) is 15.6 Å². The van der Waals surface area contributed by atoms with Crippen molar-refractivity contribution in [2.45, 2.75) is 32.5 Å². The molecule has 166 valence electrons. The molecule has 0 bridgehead atoms. The van der Waals surface area contributed by atoms with Gasteiger partial charge in [0.1, 0.15) is 18.1 Å². The Hall–Kier alpha value is -2.55. The fraction of sp³-hybridized carbons (Fsp3) is 0.364. The molecule has 0 radical (unpaired) electrons. The molecule has 3 rings (SSSR count). The summed E-state index contributed by atoms with van der Waals surface area (Å²) in [4.78, 5) is 12.5. The molecule has 9 heteroatoms. The van der Waals surface area contributed by atoms with E-state index in [0.29, 0.717) is 33.7 Å². The Morgan fingerprint density at radius 2 is 2.10 bits per heavy atom. The zero-order valence-corrected chi connectivity index (χ0v) is 19.1. The van der Waals surface area contributed by atoms with Gasteiger partial charge in [-0.15, -0.1) is 0 Å². The summed E-state index contributed by atoms with van der Waals surface area (Å²) in [6.07, 6.45) is 2.22. The van der Waals surface area contributed by atoms with Crippen molar-refractivity contribution in [3.63, 3.8) is 0 Å². The second kappa shape index (κ2) is 11.2. The van der Waals surface area contributed by atoms with Gasteiger partial charge in [-0.05, 0) is 73.9 Å². The number of benzene rings is 2. The van der Waals surface area contributed by atoms with E-state index in [0.717, 1.165) is 30.6 Å². The van der Waals surface area contributed by atoms with E-state index in [1.165, 1.54) is 0 Å². The molecule has 2 aromatic carbocycles. The van der Waals surface area contributed by atoms with Crippen LogP contribution in [0.25, 0.3) is 0 Å². The molecule has 1 heterocycles. The Kier molecular flexibility index (Phi) is 8.34. The molecule has 1 amide bonds. The summed E-state index contributed by atoms with van der Waals surface area (Å²) in [5.74, 6) is 0.986. The number of rotatable bonds is 7. The fourth-order valence-corrected chi connectivity index (χ4v) is 3.39. The first-order valence-electron chi connectivity index (χ1n) is 9.98. The number of thiocarbonyl (C=S) groups is 1. The van der Waals surface area contributed by atoms with Crippen LogP contribution in [0.2, 0.25) is 5.02 Å². The minimum atomic E-state index is -0.326. The molecular weight excluding hydrogens is 438 g/mol. The van der Waals surface area contributed by atoms with Crippen LogP contribution in [0, 0.1) is 6.92 Å². The molecule has 0 aromatic heterocycles. The number of carbonyl (C=O) groups is 1. The highest BCUT2D eigenvalue weighted by atomic mass is 35.5. The van der Waals surface area contributed by atoms with Crippen molar-refractivity contribution in [2.24, 2.45) is 0 Å². The van der Waals surface area contributed by atoms with Gasteiger partial charge in [-0.25, -0.2) is 0 Å². The summed E-state index contributed by atoms with van der Waals surface area (Å²) in [7, 11) is 1.57. The van der Waals surface area contributed by atoms with Crippen molar-refractivity contribution in [3.05, 3.63) is 58.1 Å². The van der Waals surface area contributed by atoms with Crippen molar-refractivity contribution in [2.75, 3.05) is 20.3 Å². The number of carbonyl (C=O) groups excluding carboxylic acids is 1. The van der Waals surface area contributed by atoms with Gasteiger partial charge in [0.2, 0.25) is 0 Å². The van der Waals surface area contributed by atoms with Crippen molar-refractivity contribution in [1.29, 1.82) is 0 Å². The maximum absolute atomic E-state index is 12.5. The average molecular weight is 464 g/mol. The third-order valence-corrected chi connectivity index (χ3v) is 5.54. The van der Waals surface area contributed by atoms with Gasteiger partial charge in [0.05, 0.1) is 13.2 Å². The van der Waals surface area contributed by atoms with E-state index in [-0.39, 0.29) is 18.6 Å². The Labute approximate surface area is 192 Å².